The van der Waals surface area contributed by atoms with Crippen LogP contribution in [-0.2, 0) is 37.3 Å². The molecule has 10 heteroatoms. The number of thiazole rings is 1. The van der Waals surface area contributed by atoms with E-state index in [1.54, 1.807) is 5.38 Å². The van der Waals surface area contributed by atoms with Crippen molar-refractivity contribution in [2.75, 3.05) is 6.61 Å². The maximum absolute atomic E-state index is 11.7. The molecule has 134 valence electrons. The molecule has 8 nitrogen and oxygen atoms in total. The van der Waals surface area contributed by atoms with Crippen LogP contribution in [0.2, 0.25) is 0 Å². The molecule has 2 rings (SSSR count). The number of hydrogen-bond acceptors (Lipinski definition) is 7. The minimum absolute atomic E-state index is 0.00576. The smallest absolute Gasteiger partial charge is 0.312 e. The first-order valence-electron chi connectivity index (χ1n) is 7.19. The highest BCUT2D eigenvalue weighted by atomic mass is 32.2. The van der Waals surface area contributed by atoms with Crippen molar-refractivity contribution in [1.82, 2.24) is 10.3 Å². The van der Waals surface area contributed by atoms with E-state index in [0.29, 0.717) is 11.3 Å². The van der Waals surface area contributed by atoms with E-state index < -0.39 is 28.5 Å². The van der Waals surface area contributed by atoms with Crippen molar-refractivity contribution in [1.29, 1.82) is 0 Å². The number of primary sulfonamides is 1. The molecular weight excluding hydrogens is 366 g/mol. The first kappa shape index (κ1) is 19.0. The van der Waals surface area contributed by atoms with Gasteiger partial charge in [-0.3, -0.25) is 9.59 Å². The molecule has 0 aliphatic carbocycles. The summed E-state index contributed by atoms with van der Waals surface area (Å²) in [5, 5.41) is 10.2. The number of aryl methyl sites for hydroxylation is 1. The maximum atomic E-state index is 11.7. The van der Waals surface area contributed by atoms with Crippen LogP contribution in [0.1, 0.15) is 16.3 Å². The van der Waals surface area contributed by atoms with Crippen LogP contribution in [0, 0.1) is 6.92 Å². The van der Waals surface area contributed by atoms with Gasteiger partial charge in [-0.05, 0) is 24.6 Å². The summed E-state index contributed by atoms with van der Waals surface area (Å²) in [6.07, 6.45) is 0.0205. The van der Waals surface area contributed by atoms with Crippen molar-refractivity contribution >= 4 is 33.2 Å². The largest absolute Gasteiger partial charge is 0.455 e. The van der Waals surface area contributed by atoms with Crippen LogP contribution < -0.4 is 10.5 Å². The number of nitrogens with zero attached hydrogens (tertiary/aromatic N) is 1. The third-order valence-electron chi connectivity index (χ3n) is 3.10. The van der Waals surface area contributed by atoms with Gasteiger partial charge in [0.25, 0.3) is 5.91 Å². The number of ether oxygens (including phenoxy) is 1. The summed E-state index contributed by atoms with van der Waals surface area (Å²) in [4.78, 5) is 27.4. The summed E-state index contributed by atoms with van der Waals surface area (Å²) in [7, 11) is -3.74. The molecule has 2 aromatic rings. The van der Waals surface area contributed by atoms with E-state index >= 15 is 0 Å². The Kier molecular flexibility index (Phi) is 6.23. The molecule has 0 fully saturated rings. The number of nitrogens with one attached hydrogen (secondary N) is 1. The van der Waals surface area contributed by atoms with E-state index in [9.17, 15) is 18.0 Å². The van der Waals surface area contributed by atoms with Gasteiger partial charge in [-0.15, -0.1) is 11.3 Å². The number of hydrogen-bond donors (Lipinski definition) is 2. The van der Waals surface area contributed by atoms with Crippen LogP contribution in [0.5, 0.6) is 0 Å². The quantitative estimate of drug-likeness (QED) is 0.670. The second-order valence-corrected chi connectivity index (χ2v) is 7.78. The highest BCUT2D eigenvalue weighted by Crippen LogP contribution is 2.09. The van der Waals surface area contributed by atoms with Crippen LogP contribution in [0.3, 0.4) is 0 Å². The van der Waals surface area contributed by atoms with Gasteiger partial charge in [-0.1, -0.05) is 12.1 Å². The lowest BCUT2D eigenvalue weighted by molar-refractivity contribution is -0.147. The molecule has 0 aliphatic heterocycles. The third kappa shape index (κ3) is 6.25. The lowest BCUT2D eigenvalue weighted by atomic mass is 10.2. The van der Waals surface area contributed by atoms with Crippen LogP contribution in [0.4, 0.5) is 0 Å². The lowest BCUT2D eigenvalue weighted by Crippen LogP contribution is -2.28. The summed E-state index contributed by atoms with van der Waals surface area (Å²) >= 11 is 1.44. The zero-order valence-corrected chi connectivity index (χ0v) is 15.0. The van der Waals surface area contributed by atoms with E-state index in [-0.39, 0.29) is 17.9 Å². The van der Waals surface area contributed by atoms with Crippen LogP contribution >= 0.6 is 11.3 Å². The fourth-order valence-corrected chi connectivity index (χ4v) is 3.01. The molecule has 0 aliphatic rings. The first-order valence-corrected chi connectivity index (χ1v) is 9.62. The van der Waals surface area contributed by atoms with E-state index in [0.717, 1.165) is 5.01 Å². The van der Waals surface area contributed by atoms with E-state index in [1.165, 1.54) is 35.6 Å². The Hall–Kier alpha value is -2.30. The average Bonchev–Trinajstić information content (AvgIpc) is 2.95. The predicted molar refractivity (Wildman–Crippen MR) is 91.2 cm³/mol. The van der Waals surface area contributed by atoms with Gasteiger partial charge in [0.1, 0.15) is 0 Å². The molecule has 0 unspecified atom stereocenters. The van der Waals surface area contributed by atoms with Crippen molar-refractivity contribution in [2.45, 2.75) is 24.8 Å². The Morgan fingerprint density at radius 1 is 1.28 bits per heavy atom. The van der Waals surface area contributed by atoms with Crippen molar-refractivity contribution in [3.05, 3.63) is 45.9 Å². The summed E-state index contributed by atoms with van der Waals surface area (Å²) in [6, 6.07) is 5.78. The van der Waals surface area contributed by atoms with Crippen molar-refractivity contribution < 1.29 is 22.7 Å². The second kappa shape index (κ2) is 8.19. The van der Waals surface area contributed by atoms with Gasteiger partial charge in [0.15, 0.2) is 6.61 Å². The Morgan fingerprint density at radius 3 is 2.52 bits per heavy atom. The normalized spacial score (nSPS) is 11.1. The summed E-state index contributed by atoms with van der Waals surface area (Å²) in [5.41, 5.74) is 1.30. The van der Waals surface area contributed by atoms with E-state index in [4.69, 9.17) is 9.88 Å². The number of sulfonamides is 1. The molecule has 1 aromatic heterocycles. The number of amides is 1. The van der Waals surface area contributed by atoms with Gasteiger partial charge < -0.3 is 10.1 Å². The number of aromatic nitrogens is 1. The van der Waals surface area contributed by atoms with Gasteiger partial charge in [0.2, 0.25) is 10.0 Å². The molecule has 0 radical (unpaired) electrons. The van der Waals surface area contributed by atoms with Crippen LogP contribution in [0.25, 0.3) is 0 Å². The van der Waals surface area contributed by atoms with Gasteiger partial charge in [-0.25, -0.2) is 18.5 Å². The molecule has 0 spiro atoms. The number of rotatable bonds is 7. The lowest BCUT2D eigenvalue weighted by Gasteiger charge is -2.07. The van der Waals surface area contributed by atoms with Crippen molar-refractivity contribution in [3.8, 4) is 0 Å². The number of carbonyl (C=O) groups excluding carboxylic acids is 2. The molecular formula is C15H17N3O5S2. The SMILES string of the molecule is Cc1nc(CC(=O)OCC(=O)NCc2ccc(S(N)(=O)=O)cc2)cs1. The Bertz CT molecular complexity index is 860. The molecule has 0 saturated carbocycles. The van der Waals surface area contributed by atoms with E-state index in [1.807, 2.05) is 6.92 Å². The van der Waals surface area contributed by atoms with Crippen molar-refractivity contribution in [2.24, 2.45) is 5.14 Å². The maximum Gasteiger partial charge on any atom is 0.312 e. The number of benzene rings is 1. The average molecular weight is 383 g/mol. The summed E-state index contributed by atoms with van der Waals surface area (Å²) in [5.74, 6) is -0.990. The minimum Gasteiger partial charge on any atom is -0.455 e. The second-order valence-electron chi connectivity index (χ2n) is 5.16. The molecule has 25 heavy (non-hydrogen) atoms. The third-order valence-corrected chi connectivity index (χ3v) is 4.85. The zero-order valence-electron chi connectivity index (χ0n) is 13.4. The Morgan fingerprint density at radius 2 is 1.96 bits per heavy atom. The molecule has 1 heterocycles. The number of carbonyl (C=O) groups is 2. The fourth-order valence-electron chi connectivity index (χ4n) is 1.88. The number of nitrogens with two attached hydrogens (primary N) is 1. The molecule has 0 saturated heterocycles. The van der Waals surface area contributed by atoms with E-state index in [2.05, 4.69) is 10.3 Å². The van der Waals surface area contributed by atoms with Gasteiger partial charge in [0, 0.05) is 11.9 Å². The molecule has 0 bridgehead atoms. The minimum atomic E-state index is -3.74. The first-order chi connectivity index (χ1) is 11.7. The number of esters is 1. The molecule has 3 N–H and O–H groups in total. The molecule has 1 aromatic carbocycles. The highest BCUT2D eigenvalue weighted by molar-refractivity contribution is 7.89. The highest BCUT2D eigenvalue weighted by Gasteiger charge is 2.11. The fraction of sp³-hybridized carbons (Fsp3) is 0.267. The molecule has 0 atom stereocenters. The van der Waals surface area contributed by atoms with Gasteiger partial charge in [-0.2, -0.15) is 0 Å². The molecule has 1 amide bonds. The monoisotopic (exact) mass is 383 g/mol. The zero-order chi connectivity index (χ0) is 18.4. The van der Waals surface area contributed by atoms with Gasteiger partial charge in [0.05, 0.1) is 22.0 Å². The summed E-state index contributed by atoms with van der Waals surface area (Å²) in [6.45, 7) is 1.62. The Balaban J connectivity index is 1.74. The summed E-state index contributed by atoms with van der Waals surface area (Å²) < 4.78 is 27.2. The van der Waals surface area contributed by atoms with Crippen molar-refractivity contribution in [3.63, 3.8) is 0 Å². The predicted octanol–water partition coefficient (Wildman–Crippen LogP) is 0.501. The Labute approximate surface area is 149 Å². The standard InChI is InChI=1S/C15H17N3O5S2/c1-10-18-12(9-24-10)6-15(20)23-8-14(19)17-7-11-2-4-13(5-3-11)25(16,21)22/h2-5,9H,6-8H2,1H3,(H,17,19)(H2,16,21,22). The van der Waals surface area contributed by atoms with Crippen LogP contribution in [0.15, 0.2) is 34.5 Å². The van der Waals surface area contributed by atoms with Crippen LogP contribution in [-0.4, -0.2) is 31.9 Å². The topological polar surface area (TPSA) is 128 Å². The van der Waals surface area contributed by atoms with Gasteiger partial charge >= 0.3 is 5.97 Å².